The first-order chi connectivity index (χ1) is 8.95. The summed E-state index contributed by atoms with van der Waals surface area (Å²) in [7, 11) is 0. The van der Waals surface area contributed by atoms with Crippen LogP contribution in [0.15, 0.2) is 24.3 Å². The van der Waals surface area contributed by atoms with Gasteiger partial charge in [-0.2, -0.15) is 0 Å². The van der Waals surface area contributed by atoms with E-state index in [2.05, 4.69) is 37.9 Å². The van der Waals surface area contributed by atoms with Crippen LogP contribution in [0.25, 0.3) is 0 Å². The minimum Gasteiger partial charge on any atom is -0.477 e. The molecule has 2 aromatic rings. The molecule has 0 saturated carbocycles. The Morgan fingerprint density at radius 1 is 1.37 bits per heavy atom. The Balaban J connectivity index is 2.38. The third-order valence-electron chi connectivity index (χ3n) is 2.25. The van der Waals surface area contributed by atoms with Crippen molar-refractivity contribution >= 4 is 51.8 Å². The summed E-state index contributed by atoms with van der Waals surface area (Å²) >= 11 is 8.21. The van der Waals surface area contributed by atoms with Crippen molar-refractivity contribution in [3.8, 4) is 0 Å². The van der Waals surface area contributed by atoms with Crippen molar-refractivity contribution in [2.75, 3.05) is 5.32 Å². The minimum atomic E-state index is -1.10. The van der Waals surface area contributed by atoms with Crippen LogP contribution in [0.1, 0.15) is 16.2 Å². The number of aryl methyl sites for hydroxylation is 1. The molecule has 0 fully saturated rings. The van der Waals surface area contributed by atoms with Crippen LogP contribution in [0.4, 0.5) is 11.6 Å². The molecule has 1 aromatic heterocycles. The molecule has 0 aliphatic carbocycles. The van der Waals surface area contributed by atoms with E-state index in [1.54, 1.807) is 13.0 Å². The summed E-state index contributed by atoms with van der Waals surface area (Å²) < 4.78 is 0.996. The lowest BCUT2D eigenvalue weighted by Crippen LogP contribution is -2.06. The number of carboxylic acid groups (broad SMARTS) is 1. The monoisotopic (exact) mass is 389 g/mol. The number of aromatic carboxylic acids is 1. The first-order valence-corrected chi connectivity index (χ1v) is 6.72. The number of nitrogens with zero attached hydrogens (tertiary/aromatic N) is 2. The zero-order valence-electron chi connectivity index (χ0n) is 9.82. The van der Waals surface area contributed by atoms with E-state index in [-0.39, 0.29) is 11.6 Å². The Kier molecular flexibility index (Phi) is 4.20. The van der Waals surface area contributed by atoms with Crippen LogP contribution < -0.4 is 5.32 Å². The van der Waals surface area contributed by atoms with Crippen molar-refractivity contribution < 1.29 is 9.90 Å². The van der Waals surface area contributed by atoms with Gasteiger partial charge in [-0.15, -0.1) is 0 Å². The van der Waals surface area contributed by atoms with Gasteiger partial charge in [0.05, 0.1) is 10.7 Å². The van der Waals surface area contributed by atoms with Crippen molar-refractivity contribution in [2.24, 2.45) is 0 Å². The average Bonchev–Trinajstić information content (AvgIpc) is 2.33. The second-order valence-corrected chi connectivity index (χ2v) is 5.43. The van der Waals surface area contributed by atoms with E-state index in [0.717, 1.165) is 3.57 Å². The van der Waals surface area contributed by atoms with Crippen molar-refractivity contribution in [2.45, 2.75) is 6.92 Å². The first kappa shape index (κ1) is 14.0. The van der Waals surface area contributed by atoms with E-state index in [4.69, 9.17) is 16.7 Å². The smallest absolute Gasteiger partial charge is 0.354 e. The van der Waals surface area contributed by atoms with Crippen molar-refractivity contribution in [3.63, 3.8) is 0 Å². The molecule has 5 nitrogen and oxygen atoms in total. The zero-order chi connectivity index (χ0) is 14.0. The molecular weight excluding hydrogens is 381 g/mol. The number of hydrogen-bond acceptors (Lipinski definition) is 4. The molecule has 2 N–H and O–H groups in total. The number of carboxylic acids is 1. The summed E-state index contributed by atoms with van der Waals surface area (Å²) in [5, 5.41) is 12.4. The molecular formula is C12H9ClIN3O2. The lowest BCUT2D eigenvalue weighted by Gasteiger charge is -2.08. The summed E-state index contributed by atoms with van der Waals surface area (Å²) in [4.78, 5) is 19.0. The van der Waals surface area contributed by atoms with Gasteiger partial charge in [-0.1, -0.05) is 11.6 Å². The number of carbonyl (C=O) groups is 1. The van der Waals surface area contributed by atoms with Gasteiger partial charge in [-0.05, 0) is 53.8 Å². The molecule has 0 saturated heterocycles. The number of benzene rings is 1. The highest BCUT2D eigenvalue weighted by Gasteiger charge is 2.10. The fourth-order valence-corrected chi connectivity index (χ4v) is 2.10. The van der Waals surface area contributed by atoms with Crippen LogP contribution in [0, 0.1) is 10.5 Å². The van der Waals surface area contributed by atoms with Gasteiger partial charge in [0, 0.05) is 9.26 Å². The number of halogens is 2. The van der Waals surface area contributed by atoms with Gasteiger partial charge in [-0.25, -0.2) is 14.8 Å². The third-order valence-corrected chi connectivity index (χ3v) is 3.25. The predicted octanol–water partition coefficient (Wildman–Crippen LogP) is 3.48. The minimum absolute atomic E-state index is 0.0586. The lowest BCUT2D eigenvalue weighted by molar-refractivity contribution is 0.0690. The lowest BCUT2D eigenvalue weighted by atomic mass is 10.3. The Bertz CT molecular complexity index is 649. The van der Waals surface area contributed by atoms with Crippen LogP contribution in [0.2, 0.25) is 5.02 Å². The molecule has 0 unspecified atom stereocenters. The fraction of sp³-hybridized carbons (Fsp3) is 0.0833. The molecule has 7 heteroatoms. The Hall–Kier alpha value is -1.41. The molecule has 19 heavy (non-hydrogen) atoms. The van der Waals surface area contributed by atoms with Gasteiger partial charge in [0.1, 0.15) is 0 Å². The highest BCUT2D eigenvalue weighted by molar-refractivity contribution is 14.1. The van der Waals surface area contributed by atoms with Gasteiger partial charge in [0.15, 0.2) is 5.69 Å². The SMILES string of the molecule is Cc1cc(C(=O)O)nc(Nc2cc(I)ccc2Cl)n1. The third kappa shape index (κ3) is 3.54. The Labute approximate surface area is 128 Å². The molecule has 0 aliphatic rings. The van der Waals surface area contributed by atoms with Crippen molar-refractivity contribution in [1.82, 2.24) is 9.97 Å². The maximum atomic E-state index is 10.9. The molecule has 2 rings (SSSR count). The summed E-state index contributed by atoms with van der Waals surface area (Å²) in [5.74, 6) is -0.886. The predicted molar refractivity (Wildman–Crippen MR) is 81.2 cm³/mol. The standard InChI is InChI=1S/C12H9ClIN3O2/c1-6-4-10(11(18)19)17-12(15-6)16-9-5-7(14)2-3-8(9)13/h2-5H,1H3,(H,18,19)(H,15,16,17). The molecule has 0 aliphatic heterocycles. The van der Waals surface area contributed by atoms with Crippen molar-refractivity contribution in [3.05, 3.63) is 44.2 Å². The number of hydrogen-bond donors (Lipinski definition) is 2. The molecule has 1 heterocycles. The van der Waals surface area contributed by atoms with Gasteiger partial charge >= 0.3 is 5.97 Å². The average molecular weight is 390 g/mol. The first-order valence-electron chi connectivity index (χ1n) is 5.27. The number of rotatable bonds is 3. The fourth-order valence-electron chi connectivity index (χ4n) is 1.45. The van der Waals surface area contributed by atoms with Gasteiger partial charge in [0.25, 0.3) is 0 Å². The summed E-state index contributed by atoms with van der Waals surface area (Å²) in [6.45, 7) is 1.70. The molecule has 0 bridgehead atoms. The Morgan fingerprint density at radius 2 is 2.11 bits per heavy atom. The van der Waals surface area contributed by atoms with Crippen LogP contribution >= 0.6 is 34.2 Å². The van der Waals surface area contributed by atoms with E-state index in [0.29, 0.717) is 16.4 Å². The van der Waals surface area contributed by atoms with Gasteiger partial charge < -0.3 is 10.4 Å². The van der Waals surface area contributed by atoms with E-state index in [1.165, 1.54) is 6.07 Å². The van der Waals surface area contributed by atoms with E-state index in [9.17, 15) is 4.79 Å². The van der Waals surface area contributed by atoms with E-state index in [1.807, 2.05) is 12.1 Å². The summed E-state index contributed by atoms with van der Waals surface area (Å²) in [5.41, 5.74) is 1.14. The van der Waals surface area contributed by atoms with Crippen LogP contribution in [0.5, 0.6) is 0 Å². The number of anilines is 2. The van der Waals surface area contributed by atoms with Gasteiger partial charge in [0.2, 0.25) is 5.95 Å². The van der Waals surface area contributed by atoms with Crippen LogP contribution in [0.3, 0.4) is 0 Å². The van der Waals surface area contributed by atoms with E-state index >= 15 is 0 Å². The zero-order valence-corrected chi connectivity index (χ0v) is 12.7. The van der Waals surface area contributed by atoms with E-state index < -0.39 is 5.97 Å². The van der Waals surface area contributed by atoms with Crippen molar-refractivity contribution in [1.29, 1.82) is 0 Å². The second-order valence-electron chi connectivity index (χ2n) is 3.77. The quantitative estimate of drug-likeness (QED) is 0.786. The second kappa shape index (κ2) is 5.70. The molecule has 1 aromatic carbocycles. The molecule has 0 spiro atoms. The highest BCUT2D eigenvalue weighted by Crippen LogP contribution is 2.26. The topological polar surface area (TPSA) is 75.1 Å². The number of aromatic nitrogens is 2. The molecule has 98 valence electrons. The number of nitrogens with one attached hydrogen (secondary N) is 1. The maximum Gasteiger partial charge on any atom is 0.354 e. The maximum absolute atomic E-state index is 10.9. The highest BCUT2D eigenvalue weighted by atomic mass is 127. The normalized spacial score (nSPS) is 10.3. The van der Waals surface area contributed by atoms with Crippen LogP contribution in [-0.4, -0.2) is 21.0 Å². The molecule has 0 radical (unpaired) electrons. The van der Waals surface area contributed by atoms with Crippen LogP contribution in [-0.2, 0) is 0 Å². The summed E-state index contributed by atoms with van der Waals surface area (Å²) in [6.07, 6.45) is 0. The Morgan fingerprint density at radius 3 is 2.79 bits per heavy atom. The molecule has 0 atom stereocenters. The van der Waals surface area contributed by atoms with Gasteiger partial charge in [-0.3, -0.25) is 0 Å². The molecule has 0 amide bonds. The summed E-state index contributed by atoms with van der Waals surface area (Å²) in [6, 6.07) is 6.85. The largest absolute Gasteiger partial charge is 0.477 e.